The van der Waals surface area contributed by atoms with E-state index < -0.39 is 0 Å². The number of nitrogens with zero attached hydrogens (tertiary/aromatic N) is 2. The summed E-state index contributed by atoms with van der Waals surface area (Å²) in [7, 11) is 0. The molecule has 0 fully saturated rings. The molecular weight excluding hydrogens is 350 g/mol. The van der Waals surface area contributed by atoms with Crippen LogP contribution in [0.3, 0.4) is 0 Å². The van der Waals surface area contributed by atoms with Crippen molar-refractivity contribution >= 4 is 17.1 Å². The molecule has 1 heterocycles. The van der Waals surface area contributed by atoms with E-state index in [1.807, 2.05) is 25.1 Å². The highest BCUT2D eigenvalue weighted by Gasteiger charge is 2.22. The molecule has 0 saturated heterocycles. The van der Waals surface area contributed by atoms with Gasteiger partial charge in [-0.3, -0.25) is 5.41 Å². The number of nitrogens with two attached hydrogens (primary N) is 1. The number of nitriles is 1. The second-order valence-corrected chi connectivity index (χ2v) is 7.11. The Balaban J connectivity index is 1.64. The number of anilines is 2. The molecule has 1 atom stereocenters. The molecule has 6 nitrogen and oxygen atoms in total. The van der Waals surface area contributed by atoms with Gasteiger partial charge in [-0.1, -0.05) is 6.07 Å². The molecule has 1 aliphatic carbocycles. The third-order valence-corrected chi connectivity index (χ3v) is 5.26. The molecule has 0 amide bonds. The van der Waals surface area contributed by atoms with E-state index in [1.165, 1.54) is 23.7 Å². The second kappa shape index (κ2) is 7.20. The van der Waals surface area contributed by atoms with Crippen molar-refractivity contribution in [3.8, 4) is 6.07 Å². The van der Waals surface area contributed by atoms with Crippen molar-refractivity contribution < 1.29 is 4.42 Å². The Morgan fingerprint density at radius 3 is 2.96 bits per heavy atom. The van der Waals surface area contributed by atoms with Crippen LogP contribution in [0.5, 0.6) is 0 Å². The second-order valence-electron chi connectivity index (χ2n) is 7.11. The Kier molecular flexibility index (Phi) is 4.58. The first-order chi connectivity index (χ1) is 13.6. The van der Waals surface area contributed by atoms with Gasteiger partial charge in [0.2, 0.25) is 0 Å². The molecule has 0 bridgehead atoms. The van der Waals surface area contributed by atoms with Gasteiger partial charge in [0, 0.05) is 16.9 Å². The summed E-state index contributed by atoms with van der Waals surface area (Å²) < 4.78 is 5.24. The largest absolute Gasteiger partial charge is 0.442 e. The van der Waals surface area contributed by atoms with E-state index in [-0.39, 0.29) is 11.8 Å². The first-order valence-corrected chi connectivity index (χ1v) is 9.24. The molecule has 2 aromatic carbocycles. The molecule has 0 aliphatic heterocycles. The molecule has 28 heavy (non-hydrogen) atoms. The molecule has 0 radical (unpaired) electrons. The van der Waals surface area contributed by atoms with Crippen molar-refractivity contribution in [2.45, 2.75) is 32.2 Å². The van der Waals surface area contributed by atoms with Crippen molar-refractivity contribution in [1.82, 2.24) is 4.98 Å². The van der Waals surface area contributed by atoms with Gasteiger partial charge in [-0.2, -0.15) is 5.26 Å². The minimum Gasteiger partial charge on any atom is -0.442 e. The van der Waals surface area contributed by atoms with E-state index in [2.05, 4.69) is 22.4 Å². The van der Waals surface area contributed by atoms with Crippen LogP contribution in [0.25, 0.3) is 0 Å². The molecule has 0 spiro atoms. The Labute approximate surface area is 163 Å². The highest BCUT2D eigenvalue weighted by atomic mass is 16.3. The van der Waals surface area contributed by atoms with E-state index in [0.29, 0.717) is 17.0 Å². The highest BCUT2D eigenvalue weighted by Crippen LogP contribution is 2.35. The number of aryl methyl sites for hydroxylation is 2. The number of hydrogen-bond donors (Lipinski definition) is 3. The first-order valence-electron chi connectivity index (χ1n) is 9.24. The Morgan fingerprint density at radius 1 is 1.36 bits per heavy atom. The van der Waals surface area contributed by atoms with Gasteiger partial charge >= 0.3 is 0 Å². The maximum Gasteiger partial charge on any atom is 0.181 e. The number of aromatic nitrogens is 1. The Morgan fingerprint density at radius 2 is 2.21 bits per heavy atom. The molecule has 0 unspecified atom stereocenters. The molecule has 4 N–H and O–H groups in total. The molecule has 140 valence electrons. The topological polar surface area (TPSA) is 112 Å². The van der Waals surface area contributed by atoms with Crippen LogP contribution in [-0.4, -0.2) is 10.7 Å². The van der Waals surface area contributed by atoms with E-state index >= 15 is 0 Å². The monoisotopic (exact) mass is 371 g/mol. The average molecular weight is 371 g/mol. The van der Waals surface area contributed by atoms with Crippen molar-refractivity contribution in [2.24, 2.45) is 0 Å². The zero-order valence-electron chi connectivity index (χ0n) is 15.6. The predicted octanol–water partition coefficient (Wildman–Crippen LogP) is 4.34. The highest BCUT2D eigenvalue weighted by molar-refractivity contribution is 6.12. The van der Waals surface area contributed by atoms with Crippen LogP contribution in [0.4, 0.5) is 11.4 Å². The van der Waals surface area contributed by atoms with Crippen LogP contribution in [0.15, 0.2) is 47.3 Å². The summed E-state index contributed by atoms with van der Waals surface area (Å²) in [4.78, 5) is 3.87. The minimum absolute atomic E-state index is 0.158. The lowest BCUT2D eigenvalue weighted by Gasteiger charge is -2.28. The van der Waals surface area contributed by atoms with Crippen molar-refractivity contribution in [3.63, 3.8) is 0 Å². The van der Waals surface area contributed by atoms with Gasteiger partial charge in [0.25, 0.3) is 0 Å². The van der Waals surface area contributed by atoms with Gasteiger partial charge in [-0.05, 0) is 67.1 Å². The summed E-state index contributed by atoms with van der Waals surface area (Å²) in [5.74, 6) is 0.381. The van der Waals surface area contributed by atoms with Gasteiger partial charge in [0.15, 0.2) is 12.2 Å². The predicted molar refractivity (Wildman–Crippen MR) is 108 cm³/mol. The van der Waals surface area contributed by atoms with E-state index in [0.717, 1.165) is 36.1 Å². The summed E-state index contributed by atoms with van der Waals surface area (Å²) in [5.41, 5.74) is 12.5. The molecule has 1 aromatic heterocycles. The summed E-state index contributed by atoms with van der Waals surface area (Å²) in [5, 5.41) is 21.2. The number of nitrogen functional groups attached to an aromatic ring is 1. The van der Waals surface area contributed by atoms with Gasteiger partial charge in [0.05, 0.1) is 23.9 Å². The number of hydrogen-bond acceptors (Lipinski definition) is 6. The lowest BCUT2D eigenvalue weighted by Crippen LogP contribution is -2.18. The van der Waals surface area contributed by atoms with Gasteiger partial charge in [-0.15, -0.1) is 0 Å². The van der Waals surface area contributed by atoms with E-state index in [9.17, 15) is 5.26 Å². The average Bonchev–Trinajstić information content (AvgIpc) is 3.24. The zero-order chi connectivity index (χ0) is 19.7. The van der Waals surface area contributed by atoms with Crippen LogP contribution in [-0.2, 0) is 6.42 Å². The molecule has 6 heteroatoms. The third kappa shape index (κ3) is 3.23. The Bertz CT molecular complexity index is 1080. The van der Waals surface area contributed by atoms with Crippen LogP contribution in [0, 0.1) is 23.7 Å². The van der Waals surface area contributed by atoms with Crippen molar-refractivity contribution in [2.75, 3.05) is 11.1 Å². The third-order valence-electron chi connectivity index (χ3n) is 5.26. The lowest BCUT2D eigenvalue weighted by molar-refractivity contribution is 0.548. The maximum atomic E-state index is 9.30. The maximum absolute atomic E-state index is 9.30. The van der Waals surface area contributed by atoms with Crippen LogP contribution in [0.2, 0.25) is 0 Å². The fourth-order valence-corrected chi connectivity index (χ4v) is 3.77. The first kappa shape index (κ1) is 17.8. The molecule has 1 aliphatic rings. The standard InChI is InChI=1S/C22H21N5O/c1-13-7-17-14(8-15(13)10-23)3-2-4-20(17)27-16-5-6-19(24)18(9-16)22(25)21-11-26-12-28-21/h5-9,11-12,20,25,27H,2-4,24H2,1H3/t20-/m1/s1. The number of nitrogens with one attached hydrogen (secondary N) is 2. The van der Waals surface area contributed by atoms with Gasteiger partial charge < -0.3 is 15.5 Å². The Hall–Kier alpha value is -3.59. The number of fused-ring (bicyclic) bond motifs is 1. The van der Waals surface area contributed by atoms with Gasteiger partial charge in [0.1, 0.15) is 5.71 Å². The smallest absolute Gasteiger partial charge is 0.181 e. The van der Waals surface area contributed by atoms with E-state index in [4.69, 9.17) is 15.6 Å². The van der Waals surface area contributed by atoms with Crippen molar-refractivity contribution in [3.05, 3.63) is 76.5 Å². The van der Waals surface area contributed by atoms with Crippen LogP contribution >= 0.6 is 0 Å². The lowest BCUT2D eigenvalue weighted by atomic mass is 9.85. The number of benzene rings is 2. The summed E-state index contributed by atoms with van der Waals surface area (Å²) in [6.07, 6.45) is 5.88. The minimum atomic E-state index is 0.158. The van der Waals surface area contributed by atoms with Crippen LogP contribution < -0.4 is 11.1 Å². The fraction of sp³-hybridized carbons (Fsp3) is 0.227. The zero-order valence-corrected chi connectivity index (χ0v) is 15.6. The van der Waals surface area contributed by atoms with Gasteiger partial charge in [-0.25, -0.2) is 4.98 Å². The summed E-state index contributed by atoms with van der Waals surface area (Å²) >= 11 is 0. The fourth-order valence-electron chi connectivity index (χ4n) is 3.77. The molecule has 0 saturated carbocycles. The molecular formula is C22H21N5O. The van der Waals surface area contributed by atoms with Crippen molar-refractivity contribution in [1.29, 1.82) is 10.7 Å². The summed E-state index contributed by atoms with van der Waals surface area (Å²) in [6.45, 7) is 1.98. The normalized spacial score (nSPS) is 15.5. The quantitative estimate of drug-likeness (QED) is 0.466. The number of oxazole rings is 1. The van der Waals surface area contributed by atoms with Crippen LogP contribution in [0.1, 0.15) is 52.5 Å². The van der Waals surface area contributed by atoms with E-state index in [1.54, 1.807) is 6.07 Å². The SMILES string of the molecule is Cc1cc2c(cc1C#N)CCC[C@H]2Nc1ccc(N)c(C(=N)c2cnco2)c1. The number of rotatable bonds is 4. The summed E-state index contributed by atoms with van der Waals surface area (Å²) in [6, 6.07) is 12.2. The molecule has 3 aromatic rings. The molecule has 4 rings (SSSR count).